The van der Waals surface area contributed by atoms with Gasteiger partial charge in [-0.25, -0.2) is 9.97 Å². The molecule has 0 fully saturated rings. The van der Waals surface area contributed by atoms with Crippen molar-refractivity contribution in [2.24, 2.45) is 0 Å². The van der Waals surface area contributed by atoms with Crippen molar-refractivity contribution < 1.29 is 22.6 Å². The normalized spacial score (nSPS) is 11.4. The Bertz CT molecular complexity index is 928. The molecule has 0 atom stereocenters. The SMILES string of the molecule is COc1ccc(OCCNc2nc(C(F)(F)F)nc3ccc(C)cc23)cc1. The smallest absolute Gasteiger partial charge is 0.451 e. The molecule has 2 aromatic carbocycles. The molecule has 0 radical (unpaired) electrons. The maximum Gasteiger partial charge on any atom is 0.451 e. The van der Waals surface area contributed by atoms with Gasteiger partial charge >= 0.3 is 6.18 Å². The molecule has 0 saturated carbocycles. The summed E-state index contributed by atoms with van der Waals surface area (Å²) in [5, 5.41) is 3.45. The molecule has 27 heavy (non-hydrogen) atoms. The Morgan fingerprint density at radius 2 is 1.70 bits per heavy atom. The summed E-state index contributed by atoms with van der Waals surface area (Å²) in [7, 11) is 1.57. The van der Waals surface area contributed by atoms with Crippen molar-refractivity contribution >= 4 is 16.7 Å². The number of benzene rings is 2. The van der Waals surface area contributed by atoms with E-state index in [0.717, 1.165) is 5.56 Å². The van der Waals surface area contributed by atoms with Gasteiger partial charge in [-0.1, -0.05) is 11.6 Å². The van der Waals surface area contributed by atoms with E-state index in [4.69, 9.17) is 9.47 Å². The number of nitrogens with zero attached hydrogens (tertiary/aromatic N) is 2. The Morgan fingerprint density at radius 1 is 1.00 bits per heavy atom. The first-order valence-electron chi connectivity index (χ1n) is 8.23. The Hall–Kier alpha value is -3.03. The van der Waals surface area contributed by atoms with Gasteiger partial charge in [-0.05, 0) is 43.3 Å². The van der Waals surface area contributed by atoms with Crippen LogP contribution >= 0.6 is 0 Å². The summed E-state index contributed by atoms with van der Waals surface area (Å²) in [6.07, 6.45) is -4.62. The largest absolute Gasteiger partial charge is 0.497 e. The summed E-state index contributed by atoms with van der Waals surface area (Å²) < 4.78 is 49.8. The monoisotopic (exact) mass is 377 g/mol. The summed E-state index contributed by atoms with van der Waals surface area (Å²) in [4.78, 5) is 7.28. The lowest BCUT2D eigenvalue weighted by Crippen LogP contribution is -2.16. The van der Waals surface area contributed by atoms with Crippen LogP contribution in [0.4, 0.5) is 19.0 Å². The third-order valence-corrected chi connectivity index (χ3v) is 3.83. The first-order valence-corrected chi connectivity index (χ1v) is 8.23. The molecule has 0 spiro atoms. The third kappa shape index (κ3) is 4.58. The minimum absolute atomic E-state index is 0.134. The van der Waals surface area contributed by atoms with Gasteiger partial charge in [-0.2, -0.15) is 13.2 Å². The number of anilines is 1. The molecule has 0 saturated heterocycles. The van der Waals surface area contributed by atoms with Crippen LogP contribution in [-0.4, -0.2) is 30.2 Å². The lowest BCUT2D eigenvalue weighted by Gasteiger charge is -2.13. The van der Waals surface area contributed by atoms with Crippen molar-refractivity contribution in [3.05, 3.63) is 53.9 Å². The molecular weight excluding hydrogens is 359 g/mol. The molecule has 3 rings (SSSR count). The molecule has 3 aromatic rings. The average Bonchev–Trinajstić information content (AvgIpc) is 2.64. The van der Waals surface area contributed by atoms with E-state index in [1.807, 2.05) is 6.92 Å². The number of nitrogens with one attached hydrogen (secondary N) is 1. The van der Waals surface area contributed by atoms with Crippen LogP contribution in [0.3, 0.4) is 0 Å². The molecule has 0 bridgehead atoms. The highest BCUT2D eigenvalue weighted by molar-refractivity contribution is 5.89. The number of methoxy groups -OCH3 is 1. The van der Waals surface area contributed by atoms with Gasteiger partial charge in [0.1, 0.15) is 23.9 Å². The highest BCUT2D eigenvalue weighted by Gasteiger charge is 2.35. The van der Waals surface area contributed by atoms with E-state index in [-0.39, 0.29) is 24.5 Å². The minimum Gasteiger partial charge on any atom is -0.497 e. The third-order valence-electron chi connectivity index (χ3n) is 3.83. The second kappa shape index (κ2) is 7.69. The van der Waals surface area contributed by atoms with Gasteiger partial charge in [0.25, 0.3) is 0 Å². The average molecular weight is 377 g/mol. The van der Waals surface area contributed by atoms with Gasteiger partial charge in [0.15, 0.2) is 0 Å². The van der Waals surface area contributed by atoms with E-state index in [9.17, 15) is 13.2 Å². The van der Waals surface area contributed by atoms with Crippen molar-refractivity contribution in [1.29, 1.82) is 0 Å². The van der Waals surface area contributed by atoms with Gasteiger partial charge < -0.3 is 14.8 Å². The maximum absolute atomic E-state index is 13.1. The Balaban J connectivity index is 1.73. The minimum atomic E-state index is -4.62. The number of rotatable bonds is 6. The number of hydrogen-bond donors (Lipinski definition) is 1. The zero-order chi connectivity index (χ0) is 19.4. The molecule has 0 aliphatic heterocycles. The first-order chi connectivity index (χ1) is 12.9. The molecule has 0 aliphatic carbocycles. The molecule has 8 heteroatoms. The molecule has 0 aliphatic rings. The zero-order valence-corrected chi connectivity index (χ0v) is 14.8. The lowest BCUT2D eigenvalue weighted by atomic mass is 10.1. The van der Waals surface area contributed by atoms with Crippen molar-refractivity contribution in [2.45, 2.75) is 13.1 Å². The molecule has 1 heterocycles. The van der Waals surface area contributed by atoms with Crippen LogP contribution in [0, 0.1) is 6.92 Å². The van der Waals surface area contributed by atoms with Crippen LogP contribution < -0.4 is 14.8 Å². The molecular formula is C19H18F3N3O2. The number of aromatic nitrogens is 2. The molecule has 0 unspecified atom stereocenters. The summed E-state index contributed by atoms with van der Waals surface area (Å²) >= 11 is 0. The first kappa shape index (κ1) is 18.8. The Morgan fingerprint density at radius 3 is 2.37 bits per heavy atom. The van der Waals surface area contributed by atoms with Crippen molar-refractivity contribution in [3.63, 3.8) is 0 Å². The van der Waals surface area contributed by atoms with Crippen LogP contribution in [0.15, 0.2) is 42.5 Å². The fraction of sp³-hybridized carbons (Fsp3) is 0.263. The van der Waals surface area contributed by atoms with E-state index >= 15 is 0 Å². The molecule has 1 aromatic heterocycles. The van der Waals surface area contributed by atoms with Crippen LogP contribution in [0.5, 0.6) is 11.5 Å². The Kier molecular flexibility index (Phi) is 5.34. The van der Waals surface area contributed by atoms with Crippen molar-refractivity contribution in [1.82, 2.24) is 9.97 Å². The summed E-state index contributed by atoms with van der Waals surface area (Å²) in [5.41, 5.74) is 1.14. The predicted octanol–water partition coefficient (Wildman–Crippen LogP) is 4.46. The highest BCUT2D eigenvalue weighted by Crippen LogP contribution is 2.30. The van der Waals surface area contributed by atoms with Crippen LogP contribution in [0.2, 0.25) is 0 Å². The molecule has 1 N–H and O–H groups in total. The molecule has 142 valence electrons. The fourth-order valence-electron chi connectivity index (χ4n) is 2.51. The van der Waals surface area contributed by atoms with Crippen molar-refractivity contribution in [2.75, 3.05) is 25.6 Å². The van der Waals surface area contributed by atoms with E-state index < -0.39 is 12.0 Å². The van der Waals surface area contributed by atoms with Gasteiger partial charge in [-0.3, -0.25) is 0 Å². The number of halogens is 3. The topological polar surface area (TPSA) is 56.3 Å². The summed E-state index contributed by atoms with van der Waals surface area (Å²) in [5.74, 6) is 0.312. The predicted molar refractivity (Wildman–Crippen MR) is 96.3 cm³/mol. The van der Waals surface area contributed by atoms with Gasteiger partial charge in [-0.15, -0.1) is 0 Å². The second-order valence-electron chi connectivity index (χ2n) is 5.86. The van der Waals surface area contributed by atoms with Crippen molar-refractivity contribution in [3.8, 4) is 11.5 Å². The van der Waals surface area contributed by atoms with Crippen LogP contribution in [-0.2, 0) is 6.18 Å². The van der Waals surface area contributed by atoms with Gasteiger partial charge in [0, 0.05) is 5.39 Å². The van der Waals surface area contributed by atoms with E-state index in [0.29, 0.717) is 16.9 Å². The van der Waals surface area contributed by atoms with E-state index in [1.54, 1.807) is 49.6 Å². The standard InChI is InChI=1S/C19H18F3N3O2/c1-12-3-8-16-15(11-12)17(25-18(24-16)19(20,21)22)23-9-10-27-14-6-4-13(26-2)5-7-14/h3-8,11H,9-10H2,1-2H3,(H,23,24,25). The number of ether oxygens (including phenoxy) is 2. The molecule has 5 nitrogen and oxygen atoms in total. The highest BCUT2D eigenvalue weighted by atomic mass is 19.4. The van der Waals surface area contributed by atoms with Crippen LogP contribution in [0.25, 0.3) is 10.9 Å². The number of fused-ring (bicyclic) bond motifs is 1. The lowest BCUT2D eigenvalue weighted by molar-refractivity contribution is -0.144. The second-order valence-corrected chi connectivity index (χ2v) is 5.86. The Labute approximate surface area is 154 Å². The molecule has 0 amide bonds. The number of aryl methyl sites for hydroxylation is 1. The zero-order valence-electron chi connectivity index (χ0n) is 14.8. The fourth-order valence-corrected chi connectivity index (χ4v) is 2.51. The quantitative estimate of drug-likeness (QED) is 0.643. The van der Waals surface area contributed by atoms with Gasteiger partial charge in [0.05, 0.1) is 19.2 Å². The number of alkyl halides is 3. The van der Waals surface area contributed by atoms with Crippen LogP contribution in [0.1, 0.15) is 11.4 Å². The van der Waals surface area contributed by atoms with Gasteiger partial charge in [0.2, 0.25) is 5.82 Å². The maximum atomic E-state index is 13.1. The number of hydrogen-bond acceptors (Lipinski definition) is 5. The summed E-state index contributed by atoms with van der Waals surface area (Å²) in [6, 6.07) is 12.1. The summed E-state index contributed by atoms with van der Waals surface area (Å²) in [6.45, 7) is 2.39. The van der Waals surface area contributed by atoms with E-state index in [1.165, 1.54) is 0 Å². The van der Waals surface area contributed by atoms with E-state index in [2.05, 4.69) is 15.3 Å².